The van der Waals surface area contributed by atoms with Gasteiger partial charge in [0, 0.05) is 30.9 Å². The molecule has 1 aliphatic heterocycles. The van der Waals surface area contributed by atoms with E-state index in [1.165, 1.54) is 17.0 Å². The van der Waals surface area contributed by atoms with Gasteiger partial charge in [0.25, 0.3) is 0 Å². The summed E-state index contributed by atoms with van der Waals surface area (Å²) in [7, 11) is 0. The number of allylic oxidation sites excluding steroid dienone is 1. The largest absolute Gasteiger partial charge is 0.480 e. The van der Waals surface area contributed by atoms with Crippen molar-refractivity contribution in [2.75, 3.05) is 19.8 Å². The molecular weight excluding hydrogens is 301 g/mol. The molecule has 0 saturated carbocycles. The lowest BCUT2D eigenvalue weighted by atomic mass is 10.0. The fourth-order valence-electron chi connectivity index (χ4n) is 2.66. The van der Waals surface area contributed by atoms with E-state index in [9.17, 15) is 14.0 Å². The van der Waals surface area contributed by atoms with Gasteiger partial charge in [-0.1, -0.05) is 18.2 Å². The summed E-state index contributed by atoms with van der Waals surface area (Å²) in [5, 5.41) is 9.05. The zero-order valence-corrected chi connectivity index (χ0v) is 13.0. The monoisotopic (exact) mass is 321 g/mol. The van der Waals surface area contributed by atoms with Crippen LogP contribution in [-0.4, -0.2) is 47.7 Å². The van der Waals surface area contributed by atoms with Crippen LogP contribution in [0, 0.1) is 5.82 Å². The Labute approximate surface area is 134 Å². The van der Waals surface area contributed by atoms with Crippen LogP contribution in [0.15, 0.2) is 30.3 Å². The summed E-state index contributed by atoms with van der Waals surface area (Å²) in [5.74, 6) is -1.90. The number of nitrogens with zero attached hydrogens (tertiary/aromatic N) is 1. The highest BCUT2D eigenvalue weighted by Gasteiger charge is 2.26. The highest BCUT2D eigenvalue weighted by atomic mass is 19.1. The van der Waals surface area contributed by atoms with E-state index in [1.807, 2.05) is 0 Å². The SMILES string of the molecule is C/C(=C/C(=O)N(CC(=O)O)C1CCOCC1)c1ccccc1F. The average Bonchev–Trinajstić information content (AvgIpc) is 2.53. The van der Waals surface area contributed by atoms with Gasteiger partial charge >= 0.3 is 5.97 Å². The van der Waals surface area contributed by atoms with E-state index in [4.69, 9.17) is 9.84 Å². The van der Waals surface area contributed by atoms with E-state index in [0.717, 1.165) is 0 Å². The Hall–Kier alpha value is -2.21. The van der Waals surface area contributed by atoms with Crippen molar-refractivity contribution in [1.29, 1.82) is 0 Å². The number of rotatable bonds is 5. The number of amides is 1. The molecule has 2 rings (SSSR count). The van der Waals surface area contributed by atoms with Crippen molar-refractivity contribution in [2.24, 2.45) is 0 Å². The third kappa shape index (κ3) is 4.63. The Morgan fingerprint density at radius 2 is 2.00 bits per heavy atom. The molecule has 6 heteroatoms. The van der Waals surface area contributed by atoms with Crippen LogP contribution in [0.25, 0.3) is 5.57 Å². The van der Waals surface area contributed by atoms with Crippen molar-refractivity contribution in [2.45, 2.75) is 25.8 Å². The molecule has 0 aromatic heterocycles. The summed E-state index contributed by atoms with van der Waals surface area (Å²) >= 11 is 0. The number of halogens is 1. The van der Waals surface area contributed by atoms with Crippen molar-refractivity contribution in [3.63, 3.8) is 0 Å². The fraction of sp³-hybridized carbons (Fsp3) is 0.412. The van der Waals surface area contributed by atoms with Crippen LogP contribution in [0.3, 0.4) is 0 Å². The van der Waals surface area contributed by atoms with Crippen LogP contribution in [0.2, 0.25) is 0 Å². The zero-order valence-electron chi connectivity index (χ0n) is 13.0. The number of hydrogen-bond donors (Lipinski definition) is 1. The molecule has 5 nitrogen and oxygen atoms in total. The highest BCUT2D eigenvalue weighted by Crippen LogP contribution is 2.20. The van der Waals surface area contributed by atoms with Gasteiger partial charge < -0.3 is 14.7 Å². The lowest BCUT2D eigenvalue weighted by Gasteiger charge is -2.32. The van der Waals surface area contributed by atoms with Gasteiger partial charge in [-0.05, 0) is 31.4 Å². The first-order valence-corrected chi connectivity index (χ1v) is 7.52. The Bertz CT molecular complexity index is 608. The van der Waals surface area contributed by atoms with E-state index in [1.54, 1.807) is 25.1 Å². The van der Waals surface area contributed by atoms with E-state index >= 15 is 0 Å². The third-order valence-electron chi connectivity index (χ3n) is 3.86. The van der Waals surface area contributed by atoms with Crippen LogP contribution in [0.1, 0.15) is 25.3 Å². The summed E-state index contributed by atoms with van der Waals surface area (Å²) in [6, 6.07) is 6.01. The molecule has 1 saturated heterocycles. The normalized spacial score (nSPS) is 16.2. The molecule has 1 heterocycles. The molecule has 1 amide bonds. The van der Waals surface area contributed by atoms with Gasteiger partial charge in [-0.2, -0.15) is 0 Å². The highest BCUT2D eigenvalue weighted by molar-refractivity contribution is 5.96. The second kappa shape index (κ2) is 7.87. The summed E-state index contributed by atoms with van der Waals surface area (Å²) in [6.07, 6.45) is 2.51. The summed E-state index contributed by atoms with van der Waals surface area (Å²) in [6.45, 7) is 2.28. The Morgan fingerprint density at radius 3 is 2.61 bits per heavy atom. The molecule has 0 unspecified atom stereocenters. The van der Waals surface area contributed by atoms with Crippen LogP contribution >= 0.6 is 0 Å². The zero-order chi connectivity index (χ0) is 16.8. The van der Waals surface area contributed by atoms with E-state index in [2.05, 4.69) is 0 Å². The molecule has 1 N–H and O–H groups in total. The van der Waals surface area contributed by atoms with Gasteiger partial charge in [0.1, 0.15) is 12.4 Å². The molecule has 124 valence electrons. The fourth-order valence-corrected chi connectivity index (χ4v) is 2.66. The average molecular weight is 321 g/mol. The molecule has 0 radical (unpaired) electrons. The van der Waals surface area contributed by atoms with Crippen LogP contribution in [0.5, 0.6) is 0 Å². The minimum atomic E-state index is -1.07. The topological polar surface area (TPSA) is 66.8 Å². The molecular formula is C17H20FNO4. The number of benzene rings is 1. The molecule has 0 atom stereocenters. The number of carboxylic acids is 1. The Morgan fingerprint density at radius 1 is 1.35 bits per heavy atom. The predicted molar refractivity (Wildman–Crippen MR) is 83.2 cm³/mol. The van der Waals surface area contributed by atoms with Gasteiger partial charge in [-0.25, -0.2) is 4.39 Å². The smallest absolute Gasteiger partial charge is 0.323 e. The van der Waals surface area contributed by atoms with Crippen molar-refractivity contribution < 1.29 is 23.8 Å². The van der Waals surface area contributed by atoms with Crippen molar-refractivity contribution in [1.82, 2.24) is 4.90 Å². The maximum absolute atomic E-state index is 13.8. The molecule has 23 heavy (non-hydrogen) atoms. The first-order valence-electron chi connectivity index (χ1n) is 7.52. The predicted octanol–water partition coefficient (Wildman–Crippen LogP) is 2.32. The summed E-state index contributed by atoms with van der Waals surface area (Å²) in [5.41, 5.74) is 0.804. The molecule has 1 aliphatic rings. The number of carbonyl (C=O) groups is 2. The van der Waals surface area contributed by atoms with E-state index in [0.29, 0.717) is 37.2 Å². The van der Waals surface area contributed by atoms with Gasteiger partial charge in [0.05, 0.1) is 0 Å². The Kier molecular flexibility index (Phi) is 5.87. The maximum Gasteiger partial charge on any atom is 0.323 e. The lowest BCUT2D eigenvalue weighted by molar-refractivity contribution is -0.145. The van der Waals surface area contributed by atoms with Crippen LogP contribution in [0.4, 0.5) is 4.39 Å². The Balaban J connectivity index is 2.20. The number of hydrogen-bond acceptors (Lipinski definition) is 3. The first kappa shape index (κ1) is 17.1. The van der Waals surface area contributed by atoms with Gasteiger partial charge in [0.15, 0.2) is 0 Å². The van der Waals surface area contributed by atoms with Crippen molar-refractivity contribution in [3.8, 4) is 0 Å². The molecule has 1 fully saturated rings. The van der Waals surface area contributed by atoms with Gasteiger partial charge in [-0.3, -0.25) is 9.59 Å². The minimum absolute atomic E-state index is 0.169. The second-order valence-corrected chi connectivity index (χ2v) is 5.51. The number of ether oxygens (including phenoxy) is 1. The molecule has 1 aromatic rings. The standard InChI is InChI=1S/C17H20FNO4/c1-12(14-4-2-3-5-15(14)18)10-16(20)19(11-17(21)22)13-6-8-23-9-7-13/h2-5,10,13H,6-9,11H2,1H3,(H,21,22)/b12-10-. The quantitative estimate of drug-likeness (QED) is 0.845. The summed E-state index contributed by atoms with van der Waals surface area (Å²) < 4.78 is 19.0. The molecule has 0 bridgehead atoms. The molecule has 0 aliphatic carbocycles. The minimum Gasteiger partial charge on any atom is -0.480 e. The van der Waals surface area contributed by atoms with Crippen LogP contribution in [-0.2, 0) is 14.3 Å². The summed E-state index contributed by atoms with van der Waals surface area (Å²) in [4.78, 5) is 24.9. The third-order valence-corrected chi connectivity index (χ3v) is 3.86. The number of carbonyl (C=O) groups excluding carboxylic acids is 1. The first-order chi connectivity index (χ1) is 11.0. The van der Waals surface area contributed by atoms with Gasteiger partial charge in [0.2, 0.25) is 5.91 Å². The van der Waals surface area contributed by atoms with E-state index in [-0.39, 0.29) is 12.6 Å². The number of aliphatic carboxylic acids is 1. The molecule has 1 aromatic carbocycles. The van der Waals surface area contributed by atoms with Crippen molar-refractivity contribution >= 4 is 17.4 Å². The lowest BCUT2D eigenvalue weighted by Crippen LogP contribution is -2.45. The molecule has 0 spiro atoms. The van der Waals surface area contributed by atoms with Crippen molar-refractivity contribution in [3.05, 3.63) is 41.7 Å². The van der Waals surface area contributed by atoms with Gasteiger partial charge in [-0.15, -0.1) is 0 Å². The maximum atomic E-state index is 13.8. The number of carboxylic acid groups (broad SMARTS) is 1. The second-order valence-electron chi connectivity index (χ2n) is 5.51. The van der Waals surface area contributed by atoms with Crippen LogP contribution < -0.4 is 0 Å². The van der Waals surface area contributed by atoms with E-state index < -0.39 is 17.7 Å².